The Bertz CT molecular complexity index is 541. The average molecular weight is 240 g/mol. The Morgan fingerprint density at radius 3 is 2.33 bits per heavy atom. The molecule has 0 atom stereocenters. The highest BCUT2D eigenvalue weighted by Crippen LogP contribution is 2.35. The number of benzene rings is 2. The lowest BCUT2D eigenvalue weighted by Crippen LogP contribution is -1.95. The van der Waals surface area contributed by atoms with Crippen LogP contribution in [0.4, 0.5) is 0 Å². The standard InChI is InChI=1S/C17H20O/c1-12(2)14-7-5-6-8-15(14)16-11-13(3)9-10-17(16)18-4/h5-12H,1-4H3. The smallest absolute Gasteiger partial charge is 0.126 e. The molecule has 0 N–H and O–H groups in total. The normalized spacial score (nSPS) is 10.7. The summed E-state index contributed by atoms with van der Waals surface area (Å²) in [6.07, 6.45) is 0. The van der Waals surface area contributed by atoms with Crippen molar-refractivity contribution in [3.8, 4) is 16.9 Å². The van der Waals surface area contributed by atoms with Crippen molar-refractivity contribution >= 4 is 0 Å². The van der Waals surface area contributed by atoms with Crippen molar-refractivity contribution in [1.29, 1.82) is 0 Å². The maximum Gasteiger partial charge on any atom is 0.126 e. The van der Waals surface area contributed by atoms with Gasteiger partial charge in [0.15, 0.2) is 0 Å². The lowest BCUT2D eigenvalue weighted by atomic mass is 9.91. The van der Waals surface area contributed by atoms with Crippen molar-refractivity contribution in [2.75, 3.05) is 7.11 Å². The van der Waals surface area contributed by atoms with Gasteiger partial charge in [0, 0.05) is 5.56 Å². The molecule has 1 nitrogen and oxygen atoms in total. The topological polar surface area (TPSA) is 9.23 Å². The van der Waals surface area contributed by atoms with Gasteiger partial charge in [-0.3, -0.25) is 0 Å². The van der Waals surface area contributed by atoms with Crippen molar-refractivity contribution in [2.45, 2.75) is 26.7 Å². The molecular formula is C17H20O. The number of ether oxygens (including phenoxy) is 1. The van der Waals surface area contributed by atoms with Crippen LogP contribution in [0.2, 0.25) is 0 Å². The highest BCUT2D eigenvalue weighted by molar-refractivity contribution is 5.74. The minimum absolute atomic E-state index is 0.506. The van der Waals surface area contributed by atoms with Gasteiger partial charge in [-0.1, -0.05) is 49.7 Å². The van der Waals surface area contributed by atoms with Gasteiger partial charge in [0.25, 0.3) is 0 Å². The van der Waals surface area contributed by atoms with Gasteiger partial charge in [-0.2, -0.15) is 0 Å². The molecule has 18 heavy (non-hydrogen) atoms. The fourth-order valence-electron chi connectivity index (χ4n) is 2.28. The van der Waals surface area contributed by atoms with Gasteiger partial charge in [0.1, 0.15) is 5.75 Å². The Balaban J connectivity index is 2.64. The molecule has 0 heterocycles. The molecule has 0 saturated carbocycles. The number of rotatable bonds is 3. The van der Waals surface area contributed by atoms with Gasteiger partial charge in [0.05, 0.1) is 7.11 Å². The zero-order valence-electron chi connectivity index (χ0n) is 11.5. The van der Waals surface area contributed by atoms with Gasteiger partial charge in [0.2, 0.25) is 0 Å². The van der Waals surface area contributed by atoms with E-state index in [0.717, 1.165) is 5.75 Å². The predicted octanol–water partition coefficient (Wildman–Crippen LogP) is 4.79. The summed E-state index contributed by atoms with van der Waals surface area (Å²) in [5.74, 6) is 1.44. The Kier molecular flexibility index (Phi) is 3.71. The maximum atomic E-state index is 5.49. The van der Waals surface area contributed by atoms with Crippen molar-refractivity contribution < 1.29 is 4.74 Å². The van der Waals surface area contributed by atoms with Crippen LogP contribution in [0.5, 0.6) is 5.75 Å². The second-order valence-corrected chi connectivity index (χ2v) is 4.95. The number of methoxy groups -OCH3 is 1. The molecule has 0 aliphatic rings. The second-order valence-electron chi connectivity index (χ2n) is 4.95. The van der Waals surface area contributed by atoms with E-state index in [0.29, 0.717) is 5.92 Å². The summed E-state index contributed by atoms with van der Waals surface area (Å²) in [6, 6.07) is 14.9. The molecule has 0 bridgehead atoms. The first kappa shape index (κ1) is 12.7. The zero-order valence-corrected chi connectivity index (χ0v) is 11.5. The van der Waals surface area contributed by atoms with Crippen LogP contribution >= 0.6 is 0 Å². The molecule has 2 aromatic rings. The van der Waals surface area contributed by atoms with E-state index in [1.807, 2.05) is 6.07 Å². The summed E-state index contributed by atoms with van der Waals surface area (Å²) in [4.78, 5) is 0. The average Bonchev–Trinajstić information content (AvgIpc) is 2.38. The van der Waals surface area contributed by atoms with Crippen molar-refractivity contribution in [2.24, 2.45) is 0 Å². The third-order valence-electron chi connectivity index (χ3n) is 3.23. The van der Waals surface area contributed by atoms with Crippen LogP contribution in [0.25, 0.3) is 11.1 Å². The van der Waals surface area contributed by atoms with E-state index in [1.54, 1.807) is 7.11 Å². The molecule has 2 aromatic carbocycles. The molecule has 0 aliphatic heterocycles. The molecule has 0 amide bonds. The van der Waals surface area contributed by atoms with E-state index in [9.17, 15) is 0 Å². The molecule has 1 heteroatoms. The summed E-state index contributed by atoms with van der Waals surface area (Å²) in [5.41, 5.74) is 5.07. The monoisotopic (exact) mass is 240 g/mol. The molecule has 0 saturated heterocycles. The van der Waals surface area contributed by atoms with E-state index in [-0.39, 0.29) is 0 Å². The minimum Gasteiger partial charge on any atom is -0.496 e. The first-order valence-corrected chi connectivity index (χ1v) is 6.37. The molecule has 94 valence electrons. The van der Waals surface area contributed by atoms with E-state index in [2.05, 4.69) is 57.2 Å². The minimum atomic E-state index is 0.506. The van der Waals surface area contributed by atoms with Gasteiger partial charge in [-0.05, 0) is 36.1 Å². The number of aryl methyl sites for hydroxylation is 1. The van der Waals surface area contributed by atoms with E-state index in [4.69, 9.17) is 4.74 Å². The van der Waals surface area contributed by atoms with Crippen LogP contribution in [-0.2, 0) is 0 Å². The van der Waals surface area contributed by atoms with Crippen molar-refractivity contribution in [3.05, 3.63) is 53.6 Å². The predicted molar refractivity (Wildman–Crippen MR) is 77.3 cm³/mol. The summed E-state index contributed by atoms with van der Waals surface area (Å²) in [5, 5.41) is 0. The highest BCUT2D eigenvalue weighted by atomic mass is 16.5. The van der Waals surface area contributed by atoms with Gasteiger partial charge >= 0.3 is 0 Å². The third-order valence-corrected chi connectivity index (χ3v) is 3.23. The van der Waals surface area contributed by atoms with Gasteiger partial charge < -0.3 is 4.74 Å². The first-order valence-electron chi connectivity index (χ1n) is 6.37. The molecule has 2 rings (SSSR count). The van der Waals surface area contributed by atoms with E-state index >= 15 is 0 Å². The highest BCUT2D eigenvalue weighted by Gasteiger charge is 2.12. The summed E-state index contributed by atoms with van der Waals surface area (Å²) >= 11 is 0. The van der Waals surface area contributed by atoms with Crippen LogP contribution in [0, 0.1) is 6.92 Å². The number of hydrogen-bond donors (Lipinski definition) is 0. The SMILES string of the molecule is COc1ccc(C)cc1-c1ccccc1C(C)C. The van der Waals surface area contributed by atoms with Crippen LogP contribution < -0.4 is 4.74 Å². The van der Waals surface area contributed by atoms with Gasteiger partial charge in [-0.15, -0.1) is 0 Å². The zero-order chi connectivity index (χ0) is 13.1. The Labute approximate surface area is 109 Å². The summed E-state index contributed by atoms with van der Waals surface area (Å²) in [6.45, 7) is 6.56. The molecule has 0 aliphatic carbocycles. The Hall–Kier alpha value is -1.76. The second kappa shape index (κ2) is 5.26. The largest absolute Gasteiger partial charge is 0.496 e. The van der Waals surface area contributed by atoms with Crippen LogP contribution in [0.3, 0.4) is 0 Å². The first-order chi connectivity index (χ1) is 8.63. The molecule has 0 fully saturated rings. The summed E-state index contributed by atoms with van der Waals surface area (Å²) < 4.78 is 5.49. The lowest BCUT2D eigenvalue weighted by Gasteiger charge is -2.16. The molecule has 0 radical (unpaired) electrons. The fourth-order valence-corrected chi connectivity index (χ4v) is 2.28. The summed E-state index contributed by atoms with van der Waals surface area (Å²) in [7, 11) is 1.73. The Morgan fingerprint density at radius 2 is 1.67 bits per heavy atom. The van der Waals surface area contributed by atoms with Crippen molar-refractivity contribution in [3.63, 3.8) is 0 Å². The maximum absolute atomic E-state index is 5.49. The molecule has 0 unspecified atom stereocenters. The third kappa shape index (κ3) is 2.40. The van der Waals surface area contributed by atoms with E-state index in [1.165, 1.54) is 22.3 Å². The number of hydrogen-bond acceptors (Lipinski definition) is 1. The van der Waals surface area contributed by atoms with Crippen LogP contribution in [-0.4, -0.2) is 7.11 Å². The molecule has 0 spiro atoms. The van der Waals surface area contributed by atoms with Crippen LogP contribution in [0.15, 0.2) is 42.5 Å². The molecule has 0 aromatic heterocycles. The van der Waals surface area contributed by atoms with Crippen molar-refractivity contribution in [1.82, 2.24) is 0 Å². The fraction of sp³-hybridized carbons (Fsp3) is 0.294. The quantitative estimate of drug-likeness (QED) is 0.749. The van der Waals surface area contributed by atoms with E-state index < -0.39 is 0 Å². The van der Waals surface area contributed by atoms with Crippen LogP contribution in [0.1, 0.15) is 30.9 Å². The van der Waals surface area contributed by atoms with Gasteiger partial charge in [-0.25, -0.2) is 0 Å². The molecular weight excluding hydrogens is 220 g/mol. The lowest BCUT2D eigenvalue weighted by molar-refractivity contribution is 0.416. The Morgan fingerprint density at radius 1 is 0.944 bits per heavy atom.